The van der Waals surface area contributed by atoms with Crippen LogP contribution in [0.2, 0.25) is 0 Å². The molecule has 2 aliphatic heterocycles. The summed E-state index contributed by atoms with van der Waals surface area (Å²) >= 11 is 0. The van der Waals surface area contributed by atoms with E-state index in [0.717, 1.165) is 31.0 Å². The van der Waals surface area contributed by atoms with Gasteiger partial charge in [0.15, 0.2) is 0 Å². The van der Waals surface area contributed by atoms with Crippen molar-refractivity contribution >= 4 is 11.6 Å². The predicted molar refractivity (Wildman–Crippen MR) is 76.1 cm³/mol. The van der Waals surface area contributed by atoms with E-state index in [4.69, 9.17) is 9.47 Å². The lowest BCUT2D eigenvalue weighted by Crippen LogP contribution is -2.45. The smallest absolute Gasteiger partial charge is 0.228 e. The van der Waals surface area contributed by atoms with Crippen LogP contribution in [0.1, 0.15) is 12.8 Å². The van der Waals surface area contributed by atoms with Crippen molar-refractivity contribution in [2.45, 2.75) is 18.9 Å². The fourth-order valence-electron chi connectivity index (χ4n) is 2.66. The summed E-state index contributed by atoms with van der Waals surface area (Å²) in [6.45, 7) is 3.52. The molecule has 1 aromatic carbocycles. The van der Waals surface area contributed by atoms with Crippen molar-refractivity contribution in [3.05, 3.63) is 24.3 Å². The van der Waals surface area contributed by atoms with E-state index in [1.165, 1.54) is 0 Å². The molecule has 0 radical (unpaired) electrons. The molecule has 1 saturated heterocycles. The Balaban J connectivity index is 1.73. The van der Waals surface area contributed by atoms with Crippen LogP contribution < -0.4 is 15.0 Å². The van der Waals surface area contributed by atoms with Crippen molar-refractivity contribution in [3.63, 3.8) is 0 Å². The number of nitrogens with zero attached hydrogens (tertiary/aromatic N) is 1. The first-order valence-electron chi connectivity index (χ1n) is 7.18. The lowest BCUT2D eigenvalue weighted by Gasteiger charge is -2.27. The number of fused-ring (bicyclic) bond motifs is 1. The normalized spacial score (nSPS) is 22.6. The first-order valence-corrected chi connectivity index (χ1v) is 7.18. The number of para-hydroxylation sites is 2. The summed E-state index contributed by atoms with van der Waals surface area (Å²) in [6.07, 6.45) is 1.32. The van der Waals surface area contributed by atoms with Gasteiger partial charge < -0.3 is 19.7 Å². The number of nitrogens with one attached hydrogen (secondary N) is 1. The maximum atomic E-state index is 12.6. The molecular weight excluding hydrogens is 256 g/mol. The van der Waals surface area contributed by atoms with E-state index < -0.39 is 0 Å². The Morgan fingerprint density at radius 3 is 3.10 bits per heavy atom. The standard InChI is InChI=1S/C15H20N2O3/c18-15(10-12-11-19-9-6-16-12)17-7-3-8-20-14-5-2-1-4-13(14)17/h1-2,4-5,12,16H,3,6-11H2. The fraction of sp³-hybridized carbons (Fsp3) is 0.533. The highest BCUT2D eigenvalue weighted by Crippen LogP contribution is 2.31. The highest BCUT2D eigenvalue weighted by molar-refractivity contribution is 5.95. The van der Waals surface area contributed by atoms with E-state index >= 15 is 0 Å². The summed E-state index contributed by atoms with van der Waals surface area (Å²) in [6, 6.07) is 7.86. The molecule has 5 nitrogen and oxygen atoms in total. The van der Waals surface area contributed by atoms with Crippen LogP contribution in [0.25, 0.3) is 0 Å². The van der Waals surface area contributed by atoms with Crippen LogP contribution in [0.3, 0.4) is 0 Å². The van der Waals surface area contributed by atoms with E-state index in [1.54, 1.807) is 0 Å². The van der Waals surface area contributed by atoms with Crippen molar-refractivity contribution in [2.75, 3.05) is 37.8 Å². The molecule has 1 fully saturated rings. The van der Waals surface area contributed by atoms with Gasteiger partial charge in [-0.05, 0) is 18.6 Å². The molecule has 2 aliphatic rings. The largest absolute Gasteiger partial charge is 0.491 e. The summed E-state index contributed by atoms with van der Waals surface area (Å²) < 4.78 is 11.1. The van der Waals surface area contributed by atoms with Crippen LogP contribution in [-0.4, -0.2) is 44.9 Å². The number of ether oxygens (including phenoxy) is 2. The summed E-state index contributed by atoms with van der Waals surface area (Å²) in [7, 11) is 0. The highest BCUT2D eigenvalue weighted by atomic mass is 16.5. The lowest BCUT2D eigenvalue weighted by atomic mass is 10.1. The van der Waals surface area contributed by atoms with Gasteiger partial charge in [0.2, 0.25) is 5.91 Å². The van der Waals surface area contributed by atoms with Gasteiger partial charge in [0, 0.05) is 25.6 Å². The third kappa shape index (κ3) is 2.94. The number of rotatable bonds is 2. The topological polar surface area (TPSA) is 50.8 Å². The minimum absolute atomic E-state index is 0.118. The number of carbonyl (C=O) groups is 1. The van der Waals surface area contributed by atoms with Gasteiger partial charge in [0.1, 0.15) is 5.75 Å². The Morgan fingerprint density at radius 2 is 2.25 bits per heavy atom. The summed E-state index contributed by atoms with van der Waals surface area (Å²) in [5, 5.41) is 3.32. The number of carbonyl (C=O) groups excluding carboxylic acids is 1. The summed E-state index contributed by atoms with van der Waals surface area (Å²) in [4.78, 5) is 14.4. The van der Waals surface area contributed by atoms with E-state index in [9.17, 15) is 4.79 Å². The van der Waals surface area contributed by atoms with Gasteiger partial charge in [0.25, 0.3) is 0 Å². The monoisotopic (exact) mass is 276 g/mol. The number of amides is 1. The van der Waals surface area contributed by atoms with E-state index in [-0.39, 0.29) is 11.9 Å². The first-order chi connectivity index (χ1) is 9.84. The van der Waals surface area contributed by atoms with Crippen molar-refractivity contribution in [1.82, 2.24) is 5.32 Å². The molecule has 2 heterocycles. The minimum atomic E-state index is 0.118. The van der Waals surface area contributed by atoms with Gasteiger partial charge in [0.05, 0.1) is 25.5 Å². The van der Waals surface area contributed by atoms with Crippen molar-refractivity contribution in [1.29, 1.82) is 0 Å². The molecule has 1 unspecified atom stereocenters. The van der Waals surface area contributed by atoms with Gasteiger partial charge >= 0.3 is 0 Å². The Hall–Kier alpha value is -1.59. The lowest BCUT2D eigenvalue weighted by molar-refractivity contribution is -0.119. The Bertz CT molecular complexity index is 472. The molecule has 1 amide bonds. The molecule has 1 atom stereocenters. The zero-order chi connectivity index (χ0) is 13.8. The Kier molecular flexibility index (Phi) is 4.18. The van der Waals surface area contributed by atoms with Crippen LogP contribution in [-0.2, 0) is 9.53 Å². The maximum Gasteiger partial charge on any atom is 0.228 e. The molecule has 0 saturated carbocycles. The molecule has 108 valence electrons. The average molecular weight is 276 g/mol. The molecule has 0 spiro atoms. The third-order valence-electron chi connectivity index (χ3n) is 3.66. The molecule has 5 heteroatoms. The van der Waals surface area contributed by atoms with Gasteiger partial charge in [-0.25, -0.2) is 0 Å². The van der Waals surface area contributed by atoms with Gasteiger partial charge in [-0.3, -0.25) is 4.79 Å². The zero-order valence-electron chi connectivity index (χ0n) is 11.5. The maximum absolute atomic E-state index is 12.6. The molecule has 0 bridgehead atoms. The average Bonchev–Trinajstić information content (AvgIpc) is 2.70. The number of hydrogen-bond donors (Lipinski definition) is 1. The van der Waals surface area contributed by atoms with Crippen molar-refractivity contribution in [2.24, 2.45) is 0 Å². The predicted octanol–water partition coefficient (Wildman–Crippen LogP) is 1.18. The minimum Gasteiger partial charge on any atom is -0.491 e. The second-order valence-electron chi connectivity index (χ2n) is 5.15. The Morgan fingerprint density at radius 1 is 1.35 bits per heavy atom. The number of hydrogen-bond acceptors (Lipinski definition) is 4. The Labute approximate surface area is 118 Å². The summed E-state index contributed by atoms with van der Waals surface area (Å²) in [5.74, 6) is 0.928. The molecule has 1 aromatic rings. The molecule has 1 N–H and O–H groups in total. The molecule has 0 aliphatic carbocycles. The van der Waals surface area contributed by atoms with Crippen LogP contribution in [0.5, 0.6) is 5.75 Å². The third-order valence-corrected chi connectivity index (χ3v) is 3.66. The van der Waals surface area contributed by atoms with Gasteiger partial charge in [-0.2, -0.15) is 0 Å². The zero-order valence-corrected chi connectivity index (χ0v) is 11.5. The SMILES string of the molecule is O=C(CC1COCCN1)N1CCCOc2ccccc21. The highest BCUT2D eigenvalue weighted by Gasteiger charge is 2.25. The summed E-state index contributed by atoms with van der Waals surface area (Å²) in [5.41, 5.74) is 0.881. The second-order valence-corrected chi connectivity index (χ2v) is 5.15. The van der Waals surface area contributed by atoms with Crippen molar-refractivity contribution < 1.29 is 14.3 Å². The van der Waals surface area contributed by atoms with Crippen LogP contribution in [0, 0.1) is 0 Å². The number of anilines is 1. The molecule has 20 heavy (non-hydrogen) atoms. The van der Waals surface area contributed by atoms with Crippen molar-refractivity contribution in [3.8, 4) is 5.75 Å². The molecular formula is C15H20N2O3. The number of benzene rings is 1. The second kappa shape index (κ2) is 6.24. The fourth-order valence-corrected chi connectivity index (χ4v) is 2.66. The van der Waals surface area contributed by atoms with E-state index in [2.05, 4.69) is 5.32 Å². The number of morpholine rings is 1. The van der Waals surface area contributed by atoms with Crippen LogP contribution in [0.4, 0.5) is 5.69 Å². The van der Waals surface area contributed by atoms with E-state index in [1.807, 2.05) is 29.2 Å². The van der Waals surface area contributed by atoms with Crippen LogP contribution in [0.15, 0.2) is 24.3 Å². The van der Waals surface area contributed by atoms with Crippen LogP contribution >= 0.6 is 0 Å². The first kappa shape index (κ1) is 13.4. The van der Waals surface area contributed by atoms with Gasteiger partial charge in [-0.15, -0.1) is 0 Å². The quantitative estimate of drug-likeness (QED) is 0.881. The van der Waals surface area contributed by atoms with E-state index in [0.29, 0.717) is 26.2 Å². The molecule has 0 aromatic heterocycles. The molecule has 3 rings (SSSR count). The van der Waals surface area contributed by atoms with Gasteiger partial charge in [-0.1, -0.05) is 12.1 Å².